The minimum atomic E-state index is -1.26. The zero-order chi connectivity index (χ0) is 43.7. The minimum Gasteiger partial charge on any atom is -0.497 e. The molecule has 5 atom stereocenters. The summed E-state index contributed by atoms with van der Waals surface area (Å²) in [5.74, 6) is -4.58. The fourth-order valence-electron chi connectivity index (χ4n) is 7.05. The second-order valence-corrected chi connectivity index (χ2v) is 16.0. The van der Waals surface area contributed by atoms with Gasteiger partial charge in [-0.2, -0.15) is 0 Å². The summed E-state index contributed by atoms with van der Waals surface area (Å²) >= 11 is 0. The first-order valence-electron chi connectivity index (χ1n) is 20.1. The molecule has 1 aromatic heterocycles. The van der Waals surface area contributed by atoms with E-state index in [1.54, 1.807) is 44.3 Å². The number of benzene rings is 2. The average molecular weight is 830 g/mol. The lowest BCUT2D eigenvalue weighted by molar-refractivity contribution is -0.140. The Bertz CT molecular complexity index is 2070. The van der Waals surface area contributed by atoms with E-state index in [-0.39, 0.29) is 44.2 Å². The summed E-state index contributed by atoms with van der Waals surface area (Å²) < 4.78 is 5.27. The zero-order valence-electron chi connectivity index (χ0n) is 34.8. The Morgan fingerprint density at radius 1 is 0.783 bits per heavy atom. The van der Waals surface area contributed by atoms with Crippen molar-refractivity contribution in [2.75, 3.05) is 33.3 Å². The number of fused-ring (bicyclic) bond motifs is 1. The number of nitrogens with one attached hydrogen (secondary N) is 7. The average Bonchev–Trinajstić information content (AvgIpc) is 3.76. The van der Waals surface area contributed by atoms with Crippen molar-refractivity contribution >= 4 is 58.3 Å². The van der Waals surface area contributed by atoms with Crippen molar-refractivity contribution in [2.24, 2.45) is 11.8 Å². The number of carbonyl (C=O) groups excluding carboxylic acids is 8. The first-order chi connectivity index (χ1) is 28.5. The van der Waals surface area contributed by atoms with E-state index in [4.69, 9.17) is 4.74 Å². The van der Waals surface area contributed by atoms with Gasteiger partial charge < -0.3 is 46.5 Å². The predicted molar refractivity (Wildman–Crippen MR) is 220 cm³/mol. The van der Waals surface area contributed by atoms with Crippen molar-refractivity contribution < 1.29 is 43.1 Å². The minimum absolute atomic E-state index is 0.0148. The van der Waals surface area contributed by atoms with E-state index >= 15 is 0 Å². The molecule has 18 nitrogen and oxygen atoms in total. The van der Waals surface area contributed by atoms with Crippen LogP contribution in [-0.2, 0) is 46.4 Å². The number of aromatic nitrogens is 1. The maximum absolute atomic E-state index is 14.4. The summed E-state index contributed by atoms with van der Waals surface area (Å²) in [6.45, 7) is 6.97. The summed E-state index contributed by atoms with van der Waals surface area (Å²) in [7, 11) is 1.52. The van der Waals surface area contributed by atoms with Gasteiger partial charge in [-0.1, -0.05) is 58.0 Å². The molecule has 3 heterocycles. The van der Waals surface area contributed by atoms with Crippen molar-refractivity contribution in [3.8, 4) is 5.75 Å². The van der Waals surface area contributed by atoms with Gasteiger partial charge in [0.1, 0.15) is 36.5 Å². The molecular formula is C42H55N9O9. The molecule has 0 bridgehead atoms. The smallest absolute Gasteiger partial charge is 0.325 e. The van der Waals surface area contributed by atoms with Crippen LogP contribution in [0.25, 0.3) is 10.9 Å². The zero-order valence-corrected chi connectivity index (χ0v) is 34.8. The van der Waals surface area contributed by atoms with Crippen LogP contribution in [0.4, 0.5) is 4.79 Å². The van der Waals surface area contributed by atoms with E-state index in [0.717, 1.165) is 20.7 Å². The van der Waals surface area contributed by atoms with E-state index in [0.29, 0.717) is 16.9 Å². The Hall–Kier alpha value is -6.46. The molecule has 2 aliphatic rings. The fourth-order valence-corrected chi connectivity index (χ4v) is 7.05. The number of aromatic amines is 1. The second kappa shape index (κ2) is 20.0. The number of rotatable bonds is 10. The lowest BCUT2D eigenvalue weighted by Crippen LogP contribution is -2.61. The van der Waals surface area contributed by atoms with Gasteiger partial charge in [-0.05, 0) is 54.5 Å². The number of para-hydroxylation sites is 1. The number of ether oxygens (including phenoxy) is 1. The van der Waals surface area contributed by atoms with Gasteiger partial charge in [-0.15, -0.1) is 0 Å². The van der Waals surface area contributed by atoms with E-state index in [1.165, 1.54) is 14.0 Å². The van der Waals surface area contributed by atoms with Gasteiger partial charge in [0.25, 0.3) is 5.91 Å². The largest absolute Gasteiger partial charge is 0.497 e. The van der Waals surface area contributed by atoms with Gasteiger partial charge in [0.15, 0.2) is 0 Å². The number of nitrogens with zero attached hydrogens (tertiary/aromatic N) is 2. The summed E-state index contributed by atoms with van der Waals surface area (Å²) in [6.07, 6.45) is 1.91. The third-order valence-corrected chi connectivity index (χ3v) is 10.5. The third-order valence-electron chi connectivity index (χ3n) is 10.5. The van der Waals surface area contributed by atoms with E-state index < -0.39 is 90.7 Å². The molecule has 7 N–H and O–H groups in total. The topological polar surface area (TPSA) is 240 Å². The number of hydrogen-bond acceptors (Lipinski definition) is 9. The number of urea groups is 1. The van der Waals surface area contributed by atoms with Crippen molar-refractivity contribution in [3.63, 3.8) is 0 Å². The molecule has 0 radical (unpaired) electrons. The van der Waals surface area contributed by atoms with Crippen molar-refractivity contribution in [3.05, 3.63) is 65.9 Å². The van der Waals surface area contributed by atoms with Crippen molar-refractivity contribution in [1.82, 2.24) is 46.7 Å². The molecule has 2 fully saturated rings. The van der Waals surface area contributed by atoms with Gasteiger partial charge in [0.2, 0.25) is 35.4 Å². The number of hydrogen-bond donors (Lipinski definition) is 7. The van der Waals surface area contributed by atoms with E-state index in [9.17, 15) is 38.4 Å². The molecule has 5 rings (SSSR count). The summed E-state index contributed by atoms with van der Waals surface area (Å²) in [6, 6.07) is 8.07. The van der Waals surface area contributed by atoms with Crippen LogP contribution in [0.3, 0.4) is 0 Å². The van der Waals surface area contributed by atoms with Crippen LogP contribution < -0.4 is 36.6 Å². The molecule has 60 heavy (non-hydrogen) atoms. The maximum atomic E-state index is 14.4. The normalized spacial score (nSPS) is 22.7. The van der Waals surface area contributed by atoms with Crippen molar-refractivity contribution in [1.29, 1.82) is 0 Å². The van der Waals surface area contributed by atoms with Crippen molar-refractivity contribution in [2.45, 2.75) is 84.1 Å². The highest BCUT2D eigenvalue weighted by Gasteiger charge is 2.36. The molecule has 0 unspecified atom stereocenters. The number of carbonyl (C=O) groups is 8. The van der Waals surface area contributed by atoms with Crippen LogP contribution in [0.1, 0.15) is 52.2 Å². The van der Waals surface area contributed by atoms with Gasteiger partial charge >= 0.3 is 6.03 Å². The van der Waals surface area contributed by atoms with Gasteiger partial charge in [-0.3, -0.25) is 38.5 Å². The van der Waals surface area contributed by atoms with Crippen LogP contribution in [0.2, 0.25) is 0 Å². The van der Waals surface area contributed by atoms with Crippen LogP contribution in [-0.4, -0.2) is 126 Å². The fraction of sp³-hybridized carbons (Fsp3) is 0.476. The Morgan fingerprint density at radius 2 is 1.43 bits per heavy atom. The molecule has 0 saturated carbocycles. The molecule has 9 amide bonds. The Morgan fingerprint density at radius 3 is 2.08 bits per heavy atom. The quantitative estimate of drug-likeness (QED) is 0.141. The third kappa shape index (κ3) is 11.6. The number of imide groups is 1. The number of methoxy groups -OCH3 is 1. The monoisotopic (exact) mass is 829 g/mol. The van der Waals surface area contributed by atoms with Crippen LogP contribution >= 0.6 is 0 Å². The molecule has 322 valence electrons. The van der Waals surface area contributed by atoms with Gasteiger partial charge in [0.05, 0.1) is 20.2 Å². The molecule has 2 aromatic carbocycles. The molecule has 3 aromatic rings. The van der Waals surface area contributed by atoms with Gasteiger partial charge in [0, 0.05) is 42.5 Å². The Balaban J connectivity index is 1.53. The first-order valence-corrected chi connectivity index (χ1v) is 20.1. The predicted octanol–water partition coefficient (Wildman–Crippen LogP) is 0.502. The molecule has 2 aliphatic heterocycles. The molecular weight excluding hydrogens is 775 g/mol. The highest BCUT2D eigenvalue weighted by Crippen LogP contribution is 2.20. The lowest BCUT2D eigenvalue weighted by atomic mass is 9.99. The number of amides is 9. The Kier molecular flexibility index (Phi) is 14.9. The van der Waals surface area contributed by atoms with Gasteiger partial charge in [-0.25, -0.2) is 4.79 Å². The second-order valence-electron chi connectivity index (χ2n) is 16.0. The summed E-state index contributed by atoms with van der Waals surface area (Å²) in [5.41, 5.74) is 2.17. The molecule has 18 heteroatoms. The first kappa shape index (κ1) is 44.6. The van der Waals surface area contributed by atoms with Crippen LogP contribution in [0, 0.1) is 11.8 Å². The SMILES string of the molecule is COc1ccc(C[C@@H]2NC(=O)[C@H](CC(C)C)NC(=O)[C@@H](Cc3c[nH]c4ccccc34)NC(=O)CN(C(=O)CN3C(=O)CNC3=O)C[C@H](C(C)C)NC(=O)[C@@H](C)NC2=O)cc1. The number of H-pyrrole nitrogens is 1. The highest BCUT2D eigenvalue weighted by atomic mass is 16.5. The highest BCUT2D eigenvalue weighted by molar-refractivity contribution is 6.05. The summed E-state index contributed by atoms with van der Waals surface area (Å²) in [4.78, 5) is 114. The molecule has 0 spiro atoms. The standard InChI is InChI=1S/C42H55N9O9/c1-23(2)15-31-40(57)48-32(16-26-11-13-28(60-6)14-12-26)39(56)45-25(5)38(55)49-34(24(3)4)20-50(37(54)22-51-36(53)19-44-42(51)59)21-35(52)46-33(41(58)47-31)17-27-18-43-30-10-8-7-9-29(27)30/h7-14,18,23-25,31-34,43H,15-17,19-22H2,1-6H3,(H,44,59)(H,45,56)(H,46,52)(H,47,58)(H,48,57)(H,49,55)/t25-,31+,32+,33-,34-/m1/s1. The molecule has 0 aliphatic carbocycles. The van der Waals surface area contributed by atoms with E-state index in [1.807, 2.05) is 38.1 Å². The maximum Gasteiger partial charge on any atom is 0.325 e. The summed E-state index contributed by atoms with van der Waals surface area (Å²) in [5, 5.41) is 17.1. The Labute approximate surface area is 348 Å². The van der Waals surface area contributed by atoms with Crippen LogP contribution in [0.5, 0.6) is 5.75 Å². The molecule has 2 saturated heterocycles. The lowest BCUT2D eigenvalue weighted by Gasteiger charge is -2.32. The van der Waals surface area contributed by atoms with Crippen LogP contribution in [0.15, 0.2) is 54.7 Å². The van der Waals surface area contributed by atoms with E-state index in [2.05, 4.69) is 36.9 Å².